The van der Waals surface area contributed by atoms with Gasteiger partial charge in [-0.2, -0.15) is 0 Å². The molecule has 126 valence electrons. The zero-order valence-electron chi connectivity index (χ0n) is 13.9. The van der Waals surface area contributed by atoms with Crippen molar-refractivity contribution in [2.75, 3.05) is 31.0 Å². The predicted octanol–water partition coefficient (Wildman–Crippen LogP) is 2.70. The highest BCUT2D eigenvalue weighted by atomic mass is 16.5. The largest absolute Gasteiger partial charge is 0.497 e. The molecule has 0 fully saturated rings. The number of hydrogen-bond donors (Lipinski definition) is 1. The second kappa shape index (κ2) is 8.01. The monoisotopic (exact) mass is 328 g/mol. The second-order valence-electron chi connectivity index (χ2n) is 4.91. The van der Waals surface area contributed by atoms with Crippen LogP contribution in [0.15, 0.2) is 48.5 Å². The molecule has 0 radical (unpaired) electrons. The first kappa shape index (κ1) is 17.3. The molecule has 0 saturated heterocycles. The van der Waals surface area contributed by atoms with Gasteiger partial charge in [0.25, 0.3) is 0 Å². The molecular formula is C18H20N2O4. The average molecular weight is 328 g/mol. The normalized spacial score (nSPS) is 9.96. The molecular weight excluding hydrogens is 308 g/mol. The van der Waals surface area contributed by atoms with Crippen LogP contribution in [0.3, 0.4) is 0 Å². The molecule has 2 aromatic rings. The summed E-state index contributed by atoms with van der Waals surface area (Å²) in [6.45, 7) is 2.20. The summed E-state index contributed by atoms with van der Waals surface area (Å²) in [6.07, 6.45) is 0. The number of benzene rings is 2. The molecule has 2 amide bonds. The van der Waals surface area contributed by atoms with Gasteiger partial charge in [-0.25, -0.2) is 0 Å². The first-order valence-electron chi connectivity index (χ1n) is 7.50. The van der Waals surface area contributed by atoms with E-state index in [2.05, 4.69) is 5.32 Å². The highest BCUT2D eigenvalue weighted by Crippen LogP contribution is 2.29. The zero-order chi connectivity index (χ0) is 17.5. The summed E-state index contributed by atoms with van der Waals surface area (Å²) >= 11 is 0. The van der Waals surface area contributed by atoms with Crippen LogP contribution in [0.1, 0.15) is 6.92 Å². The van der Waals surface area contributed by atoms with Gasteiger partial charge in [0, 0.05) is 18.3 Å². The van der Waals surface area contributed by atoms with Crippen LogP contribution >= 0.6 is 0 Å². The van der Waals surface area contributed by atoms with Crippen LogP contribution in [0, 0.1) is 0 Å². The summed E-state index contributed by atoms with van der Waals surface area (Å²) in [5, 5.41) is 2.59. The smallest absolute Gasteiger partial charge is 0.316 e. The van der Waals surface area contributed by atoms with Crippen molar-refractivity contribution in [2.45, 2.75) is 6.92 Å². The molecule has 2 rings (SSSR count). The number of amides is 2. The number of nitrogens with one attached hydrogen (secondary N) is 1. The van der Waals surface area contributed by atoms with Gasteiger partial charge in [0.05, 0.1) is 19.9 Å². The fourth-order valence-electron chi connectivity index (χ4n) is 2.25. The molecule has 0 aromatic heterocycles. The minimum Gasteiger partial charge on any atom is -0.497 e. The van der Waals surface area contributed by atoms with E-state index in [1.165, 1.54) is 19.1 Å². The summed E-state index contributed by atoms with van der Waals surface area (Å²) in [5.41, 5.74) is 1.07. The van der Waals surface area contributed by atoms with Gasteiger partial charge >= 0.3 is 11.8 Å². The molecule has 0 aliphatic carbocycles. The Bertz CT molecular complexity index is 716. The van der Waals surface area contributed by atoms with Gasteiger partial charge in [0.15, 0.2) is 0 Å². The Morgan fingerprint density at radius 2 is 1.75 bits per heavy atom. The van der Waals surface area contributed by atoms with Crippen molar-refractivity contribution in [3.05, 3.63) is 48.5 Å². The Balaban J connectivity index is 2.18. The zero-order valence-corrected chi connectivity index (χ0v) is 13.9. The molecule has 0 bridgehead atoms. The van der Waals surface area contributed by atoms with Crippen molar-refractivity contribution < 1.29 is 19.1 Å². The van der Waals surface area contributed by atoms with E-state index in [0.717, 1.165) is 0 Å². The number of rotatable bonds is 5. The van der Waals surface area contributed by atoms with Crippen LogP contribution in [-0.2, 0) is 9.59 Å². The maximum atomic E-state index is 12.5. The maximum absolute atomic E-state index is 12.5. The van der Waals surface area contributed by atoms with Crippen molar-refractivity contribution in [1.82, 2.24) is 0 Å². The van der Waals surface area contributed by atoms with E-state index in [-0.39, 0.29) is 0 Å². The summed E-state index contributed by atoms with van der Waals surface area (Å²) in [6, 6.07) is 14.0. The van der Waals surface area contributed by atoms with E-state index in [4.69, 9.17) is 9.47 Å². The number of anilines is 2. The van der Waals surface area contributed by atoms with Gasteiger partial charge in [-0.15, -0.1) is 0 Å². The highest BCUT2D eigenvalue weighted by Gasteiger charge is 2.23. The molecule has 0 aliphatic rings. The van der Waals surface area contributed by atoms with Gasteiger partial charge in [-0.1, -0.05) is 18.2 Å². The van der Waals surface area contributed by atoms with E-state index < -0.39 is 11.8 Å². The van der Waals surface area contributed by atoms with Gasteiger partial charge in [0.1, 0.15) is 11.5 Å². The standard InChI is InChI=1S/C18H20N2O4/c1-4-20(13-8-6-5-7-9-13)18(22)17(21)19-15-11-10-14(23-2)12-16(15)24-3/h5-12H,4H2,1-3H3,(H,19,21). The fourth-order valence-corrected chi connectivity index (χ4v) is 2.25. The Labute approximate surface area is 141 Å². The fraction of sp³-hybridized carbons (Fsp3) is 0.222. The van der Waals surface area contributed by atoms with E-state index >= 15 is 0 Å². The minimum absolute atomic E-state index is 0.385. The molecule has 24 heavy (non-hydrogen) atoms. The lowest BCUT2D eigenvalue weighted by molar-refractivity contribution is -0.134. The number of ether oxygens (including phenoxy) is 2. The highest BCUT2D eigenvalue weighted by molar-refractivity contribution is 6.44. The Kier molecular flexibility index (Phi) is 5.78. The first-order chi connectivity index (χ1) is 11.6. The molecule has 0 saturated carbocycles. The van der Waals surface area contributed by atoms with Gasteiger partial charge in [-0.05, 0) is 31.2 Å². The number of carbonyl (C=O) groups excluding carboxylic acids is 2. The van der Waals surface area contributed by atoms with Crippen molar-refractivity contribution >= 4 is 23.2 Å². The number of para-hydroxylation sites is 1. The number of carbonyl (C=O) groups is 2. The third kappa shape index (κ3) is 3.84. The number of likely N-dealkylation sites (N-methyl/N-ethyl adjacent to an activating group) is 1. The quantitative estimate of drug-likeness (QED) is 0.857. The molecule has 6 nitrogen and oxygen atoms in total. The van der Waals surface area contributed by atoms with E-state index in [1.54, 1.807) is 30.3 Å². The average Bonchev–Trinajstić information content (AvgIpc) is 2.63. The molecule has 0 aliphatic heterocycles. The lowest BCUT2D eigenvalue weighted by Crippen LogP contribution is -2.39. The van der Waals surface area contributed by atoms with Gasteiger partial charge < -0.3 is 19.7 Å². The molecule has 0 unspecified atom stereocenters. The third-order valence-electron chi connectivity index (χ3n) is 3.48. The van der Waals surface area contributed by atoms with Crippen molar-refractivity contribution in [1.29, 1.82) is 0 Å². The molecule has 6 heteroatoms. The number of methoxy groups -OCH3 is 2. The van der Waals surface area contributed by atoms with Crippen molar-refractivity contribution in [3.63, 3.8) is 0 Å². The van der Waals surface area contributed by atoms with E-state index in [9.17, 15) is 9.59 Å². The van der Waals surface area contributed by atoms with Crippen molar-refractivity contribution in [2.24, 2.45) is 0 Å². The van der Waals surface area contributed by atoms with Crippen LogP contribution in [0.25, 0.3) is 0 Å². The first-order valence-corrected chi connectivity index (χ1v) is 7.50. The number of nitrogens with zero attached hydrogens (tertiary/aromatic N) is 1. The topological polar surface area (TPSA) is 67.9 Å². The molecule has 0 heterocycles. The Morgan fingerprint density at radius 1 is 1.04 bits per heavy atom. The maximum Gasteiger partial charge on any atom is 0.316 e. The van der Waals surface area contributed by atoms with E-state index in [0.29, 0.717) is 29.4 Å². The lowest BCUT2D eigenvalue weighted by Gasteiger charge is -2.20. The van der Waals surface area contributed by atoms with E-state index in [1.807, 2.05) is 25.1 Å². The minimum atomic E-state index is -0.732. The van der Waals surface area contributed by atoms with Gasteiger partial charge in [-0.3, -0.25) is 9.59 Å². The lowest BCUT2D eigenvalue weighted by atomic mass is 10.2. The van der Waals surface area contributed by atoms with Crippen LogP contribution in [0.4, 0.5) is 11.4 Å². The molecule has 0 spiro atoms. The summed E-state index contributed by atoms with van der Waals surface area (Å²) < 4.78 is 10.3. The van der Waals surface area contributed by atoms with Crippen LogP contribution in [0.2, 0.25) is 0 Å². The molecule has 1 N–H and O–H groups in total. The number of hydrogen-bond acceptors (Lipinski definition) is 4. The second-order valence-corrected chi connectivity index (χ2v) is 4.91. The molecule has 0 atom stereocenters. The Morgan fingerprint density at radius 3 is 2.33 bits per heavy atom. The summed E-state index contributed by atoms with van der Waals surface area (Å²) in [7, 11) is 3.02. The SMILES string of the molecule is CCN(C(=O)C(=O)Nc1ccc(OC)cc1OC)c1ccccc1. The van der Waals surface area contributed by atoms with Crippen LogP contribution in [-0.4, -0.2) is 32.6 Å². The van der Waals surface area contributed by atoms with Crippen LogP contribution in [0.5, 0.6) is 11.5 Å². The third-order valence-corrected chi connectivity index (χ3v) is 3.48. The van der Waals surface area contributed by atoms with Crippen LogP contribution < -0.4 is 19.7 Å². The summed E-state index contributed by atoms with van der Waals surface area (Å²) in [5.74, 6) is -0.361. The Hall–Kier alpha value is -3.02. The van der Waals surface area contributed by atoms with Crippen molar-refractivity contribution in [3.8, 4) is 11.5 Å². The van der Waals surface area contributed by atoms with Gasteiger partial charge in [0.2, 0.25) is 0 Å². The molecule has 2 aromatic carbocycles. The predicted molar refractivity (Wildman–Crippen MR) is 92.6 cm³/mol. The summed E-state index contributed by atoms with van der Waals surface area (Å²) in [4.78, 5) is 26.2.